The van der Waals surface area contributed by atoms with Gasteiger partial charge in [0.05, 0.1) is 0 Å². The van der Waals surface area contributed by atoms with Gasteiger partial charge in [0.2, 0.25) is 0 Å². The highest BCUT2D eigenvalue weighted by atomic mass is 15.1. The molecule has 0 aliphatic carbocycles. The van der Waals surface area contributed by atoms with Gasteiger partial charge in [0.25, 0.3) is 0 Å². The standard InChI is InChI=1S/C28H21N/c1-18-7-3-10-20(17-18)29(2)26-16-15-24-22-12-5-9-19-8-4-11-21(27(19)22)23-13-6-14-25(26)28(23)24/h3-17H,1-2H3. The number of hydrogen-bond acceptors (Lipinski definition) is 1. The lowest BCUT2D eigenvalue weighted by molar-refractivity contribution is 1.21. The monoisotopic (exact) mass is 371 g/mol. The molecule has 0 aliphatic rings. The lowest BCUT2D eigenvalue weighted by atomic mass is 9.89. The summed E-state index contributed by atoms with van der Waals surface area (Å²) in [6, 6.07) is 33.3. The molecule has 0 amide bonds. The first kappa shape index (κ1) is 16.4. The number of rotatable bonds is 2. The zero-order valence-corrected chi connectivity index (χ0v) is 16.6. The number of anilines is 2. The summed E-state index contributed by atoms with van der Waals surface area (Å²) < 4.78 is 0. The van der Waals surface area contributed by atoms with E-state index in [4.69, 9.17) is 0 Å². The summed E-state index contributed by atoms with van der Waals surface area (Å²) in [5.41, 5.74) is 3.73. The number of hydrogen-bond donors (Lipinski definition) is 0. The maximum atomic E-state index is 2.30. The number of benzene rings is 6. The summed E-state index contributed by atoms with van der Waals surface area (Å²) in [6.45, 7) is 2.15. The van der Waals surface area contributed by atoms with Crippen LogP contribution in [-0.4, -0.2) is 7.05 Å². The smallest absolute Gasteiger partial charge is 0.0488 e. The average Bonchev–Trinajstić information content (AvgIpc) is 2.76. The van der Waals surface area contributed by atoms with E-state index in [1.807, 2.05) is 0 Å². The Labute approximate surface area is 170 Å². The van der Waals surface area contributed by atoms with Gasteiger partial charge in [-0.1, -0.05) is 72.8 Å². The maximum Gasteiger partial charge on any atom is 0.0488 e. The van der Waals surface area contributed by atoms with Gasteiger partial charge in [-0.25, -0.2) is 0 Å². The van der Waals surface area contributed by atoms with Crippen molar-refractivity contribution in [1.29, 1.82) is 0 Å². The topological polar surface area (TPSA) is 3.24 Å². The van der Waals surface area contributed by atoms with Crippen LogP contribution in [0.15, 0.2) is 91.0 Å². The van der Waals surface area contributed by atoms with Crippen molar-refractivity contribution in [2.75, 3.05) is 11.9 Å². The zero-order chi connectivity index (χ0) is 19.5. The van der Waals surface area contributed by atoms with Crippen LogP contribution in [0.2, 0.25) is 0 Å². The lowest BCUT2D eigenvalue weighted by Crippen LogP contribution is -2.10. The Bertz CT molecular complexity index is 1480. The third kappa shape index (κ3) is 2.28. The van der Waals surface area contributed by atoms with Gasteiger partial charge in [-0.15, -0.1) is 0 Å². The van der Waals surface area contributed by atoms with E-state index in [0.717, 1.165) is 0 Å². The molecule has 6 aromatic rings. The van der Waals surface area contributed by atoms with Crippen molar-refractivity contribution in [3.63, 3.8) is 0 Å². The molecule has 0 atom stereocenters. The molecule has 0 N–H and O–H groups in total. The van der Waals surface area contributed by atoms with Crippen molar-refractivity contribution in [3.05, 3.63) is 96.6 Å². The van der Waals surface area contributed by atoms with Crippen LogP contribution in [0.4, 0.5) is 11.4 Å². The number of fused-ring (bicyclic) bond motifs is 2. The Morgan fingerprint density at radius 3 is 1.86 bits per heavy atom. The highest BCUT2D eigenvalue weighted by Crippen LogP contribution is 2.43. The lowest BCUT2D eigenvalue weighted by Gasteiger charge is -2.24. The summed E-state index contributed by atoms with van der Waals surface area (Å²) in [7, 11) is 2.16. The summed E-state index contributed by atoms with van der Waals surface area (Å²) in [4.78, 5) is 2.30. The molecule has 1 heteroatoms. The van der Waals surface area contributed by atoms with Gasteiger partial charge in [0, 0.05) is 23.8 Å². The number of nitrogens with zero attached hydrogens (tertiary/aromatic N) is 1. The fraction of sp³-hybridized carbons (Fsp3) is 0.0714. The van der Waals surface area contributed by atoms with Crippen molar-refractivity contribution in [2.24, 2.45) is 0 Å². The van der Waals surface area contributed by atoms with E-state index in [0.29, 0.717) is 0 Å². The van der Waals surface area contributed by atoms with E-state index in [1.165, 1.54) is 60.0 Å². The van der Waals surface area contributed by atoms with Crippen LogP contribution in [0.25, 0.3) is 43.1 Å². The number of aryl methyl sites for hydroxylation is 1. The summed E-state index contributed by atoms with van der Waals surface area (Å²) in [5, 5.41) is 10.7. The minimum absolute atomic E-state index is 1.21. The van der Waals surface area contributed by atoms with Gasteiger partial charge in [0.1, 0.15) is 0 Å². The molecule has 0 bridgehead atoms. The zero-order valence-electron chi connectivity index (χ0n) is 16.6. The van der Waals surface area contributed by atoms with Crippen LogP contribution in [-0.2, 0) is 0 Å². The van der Waals surface area contributed by atoms with Crippen molar-refractivity contribution in [3.8, 4) is 0 Å². The predicted octanol–water partition coefficient (Wildman–Crippen LogP) is 7.81. The molecular formula is C28H21N. The van der Waals surface area contributed by atoms with E-state index in [9.17, 15) is 0 Å². The largest absolute Gasteiger partial charge is 0.344 e. The van der Waals surface area contributed by atoms with Crippen molar-refractivity contribution in [1.82, 2.24) is 0 Å². The first-order valence-corrected chi connectivity index (χ1v) is 10.1. The molecule has 6 aromatic carbocycles. The minimum Gasteiger partial charge on any atom is -0.344 e. The van der Waals surface area contributed by atoms with Crippen LogP contribution in [0, 0.1) is 6.92 Å². The molecular weight excluding hydrogens is 350 g/mol. The van der Waals surface area contributed by atoms with Crippen molar-refractivity contribution in [2.45, 2.75) is 6.92 Å². The quantitative estimate of drug-likeness (QED) is 0.221. The Kier molecular flexibility index (Phi) is 3.36. The molecule has 0 saturated heterocycles. The predicted molar refractivity (Wildman–Crippen MR) is 127 cm³/mol. The molecule has 6 rings (SSSR count). The van der Waals surface area contributed by atoms with Crippen molar-refractivity contribution < 1.29 is 0 Å². The molecule has 0 aromatic heterocycles. The molecule has 0 radical (unpaired) electrons. The highest BCUT2D eigenvalue weighted by Gasteiger charge is 2.16. The van der Waals surface area contributed by atoms with Crippen LogP contribution >= 0.6 is 0 Å². The molecule has 0 unspecified atom stereocenters. The maximum absolute atomic E-state index is 2.30. The molecule has 0 saturated carbocycles. The Morgan fingerprint density at radius 1 is 0.552 bits per heavy atom. The SMILES string of the molecule is Cc1cccc(N(C)c2ccc3c4cccc5cccc(c6cccc2c63)c54)c1. The molecule has 0 heterocycles. The molecule has 0 aliphatic heterocycles. The minimum atomic E-state index is 1.21. The van der Waals surface area contributed by atoms with Gasteiger partial charge in [-0.2, -0.15) is 0 Å². The van der Waals surface area contributed by atoms with Crippen LogP contribution in [0.1, 0.15) is 5.56 Å². The van der Waals surface area contributed by atoms with Crippen LogP contribution in [0.5, 0.6) is 0 Å². The van der Waals surface area contributed by atoms with E-state index in [-0.39, 0.29) is 0 Å². The Hall–Kier alpha value is -3.58. The van der Waals surface area contributed by atoms with Gasteiger partial charge in [-0.05, 0) is 68.4 Å². The van der Waals surface area contributed by atoms with Gasteiger partial charge in [0.15, 0.2) is 0 Å². The first-order chi connectivity index (χ1) is 14.2. The third-order valence-electron chi connectivity index (χ3n) is 6.25. The fourth-order valence-corrected chi connectivity index (χ4v) is 4.90. The highest BCUT2D eigenvalue weighted by molar-refractivity contribution is 6.34. The molecule has 29 heavy (non-hydrogen) atoms. The third-order valence-corrected chi connectivity index (χ3v) is 6.25. The summed E-state index contributed by atoms with van der Waals surface area (Å²) in [5.74, 6) is 0. The van der Waals surface area contributed by atoms with E-state index in [2.05, 4.69) is 110 Å². The fourth-order valence-electron chi connectivity index (χ4n) is 4.90. The second-order valence-corrected chi connectivity index (χ2v) is 7.97. The van der Waals surface area contributed by atoms with E-state index >= 15 is 0 Å². The molecule has 0 spiro atoms. The summed E-state index contributed by atoms with van der Waals surface area (Å²) >= 11 is 0. The normalized spacial score (nSPS) is 11.8. The average molecular weight is 371 g/mol. The molecule has 138 valence electrons. The van der Waals surface area contributed by atoms with Crippen molar-refractivity contribution >= 4 is 54.5 Å². The van der Waals surface area contributed by atoms with Gasteiger partial charge < -0.3 is 4.90 Å². The van der Waals surface area contributed by atoms with E-state index in [1.54, 1.807) is 0 Å². The van der Waals surface area contributed by atoms with Gasteiger partial charge in [-0.3, -0.25) is 0 Å². The van der Waals surface area contributed by atoms with Gasteiger partial charge >= 0.3 is 0 Å². The Balaban J connectivity index is 1.75. The van der Waals surface area contributed by atoms with Crippen LogP contribution in [0.3, 0.4) is 0 Å². The van der Waals surface area contributed by atoms with Crippen LogP contribution < -0.4 is 4.90 Å². The molecule has 0 fully saturated rings. The first-order valence-electron chi connectivity index (χ1n) is 10.1. The molecule has 1 nitrogen and oxygen atoms in total. The second-order valence-electron chi connectivity index (χ2n) is 7.97. The van der Waals surface area contributed by atoms with E-state index < -0.39 is 0 Å². The summed E-state index contributed by atoms with van der Waals surface area (Å²) in [6.07, 6.45) is 0. The Morgan fingerprint density at radius 2 is 1.14 bits per heavy atom. The second kappa shape index (κ2) is 5.96.